The first-order chi connectivity index (χ1) is 31.3. The van der Waals surface area contributed by atoms with E-state index in [1.54, 1.807) is 0 Å². The zero-order valence-corrected chi connectivity index (χ0v) is 35.2. The number of hydrogen-bond donors (Lipinski definition) is 0. The lowest BCUT2D eigenvalue weighted by Gasteiger charge is -2.30. The van der Waals surface area contributed by atoms with Crippen LogP contribution in [0.5, 0.6) is 0 Å². The molecule has 0 aliphatic rings. The highest BCUT2D eigenvalue weighted by molar-refractivity contribution is 7.26. The van der Waals surface area contributed by atoms with Crippen molar-refractivity contribution in [2.45, 2.75) is 0 Å². The Morgan fingerprint density at radius 3 is 1.59 bits per heavy atom. The number of aromatic nitrogens is 1. The summed E-state index contributed by atoms with van der Waals surface area (Å²) in [5.74, 6) is 0. The summed E-state index contributed by atoms with van der Waals surface area (Å²) in [6, 6.07) is 88.4. The summed E-state index contributed by atoms with van der Waals surface area (Å²) in [6.45, 7) is 0. The number of para-hydroxylation sites is 2. The van der Waals surface area contributed by atoms with E-state index < -0.39 is 0 Å². The van der Waals surface area contributed by atoms with Crippen molar-refractivity contribution in [2.75, 3.05) is 4.90 Å². The highest BCUT2D eigenvalue weighted by Crippen LogP contribution is 2.51. The number of nitrogens with zero attached hydrogens (tertiary/aromatic N) is 2. The minimum atomic E-state index is 1.09. The van der Waals surface area contributed by atoms with Gasteiger partial charge in [-0.25, -0.2) is 0 Å². The Morgan fingerprint density at radius 2 is 0.857 bits per heavy atom. The number of rotatable bonds is 8. The first-order valence-corrected chi connectivity index (χ1v) is 22.3. The number of anilines is 3. The topological polar surface area (TPSA) is 8.17 Å². The van der Waals surface area contributed by atoms with E-state index in [0.29, 0.717) is 0 Å². The van der Waals surface area contributed by atoms with Gasteiger partial charge in [0.05, 0.1) is 27.1 Å². The summed E-state index contributed by atoms with van der Waals surface area (Å²) in [6.07, 6.45) is 0. The average molecular weight is 821 g/mol. The SMILES string of the molecule is c1ccc(-c2ccccc2-c2c(-c3ccccc3)cccc2N(c2ccc(-c3cccc(-n4c5ccccc5c5ccccc54)c3)cc2)c2cccc3c2sc2ccccc23)cc1. The Bertz CT molecular complexity index is 3570. The summed E-state index contributed by atoms with van der Waals surface area (Å²) in [7, 11) is 0. The molecule has 0 amide bonds. The fourth-order valence-corrected chi connectivity index (χ4v) is 10.8. The van der Waals surface area contributed by atoms with Crippen LogP contribution in [0, 0.1) is 0 Å². The van der Waals surface area contributed by atoms with Gasteiger partial charge in [-0.05, 0) is 93.5 Å². The van der Waals surface area contributed by atoms with Gasteiger partial charge in [-0.2, -0.15) is 0 Å². The first-order valence-electron chi connectivity index (χ1n) is 21.5. The Kier molecular flexibility index (Phi) is 9.06. The zero-order chi connectivity index (χ0) is 41.7. The van der Waals surface area contributed by atoms with Crippen LogP contribution in [0.1, 0.15) is 0 Å². The van der Waals surface area contributed by atoms with Crippen molar-refractivity contribution in [2.24, 2.45) is 0 Å². The second kappa shape index (κ2) is 15.5. The van der Waals surface area contributed by atoms with E-state index in [4.69, 9.17) is 0 Å². The minimum Gasteiger partial charge on any atom is -0.309 e. The summed E-state index contributed by atoms with van der Waals surface area (Å²) >= 11 is 1.87. The van der Waals surface area contributed by atoms with E-state index in [0.717, 1.165) is 28.3 Å². The molecule has 0 radical (unpaired) electrons. The van der Waals surface area contributed by atoms with E-state index in [2.05, 4.69) is 252 Å². The maximum atomic E-state index is 2.50. The van der Waals surface area contributed by atoms with Crippen molar-refractivity contribution in [3.63, 3.8) is 0 Å². The van der Waals surface area contributed by atoms with Crippen LogP contribution >= 0.6 is 11.3 Å². The molecular weight excluding hydrogens is 781 g/mol. The van der Waals surface area contributed by atoms with E-state index in [9.17, 15) is 0 Å². The van der Waals surface area contributed by atoms with Crippen LogP contribution in [0.15, 0.2) is 243 Å². The molecule has 0 spiro atoms. The van der Waals surface area contributed by atoms with Crippen LogP contribution in [-0.4, -0.2) is 4.57 Å². The van der Waals surface area contributed by atoms with Crippen LogP contribution in [0.25, 0.3) is 92.2 Å². The summed E-state index contributed by atoms with van der Waals surface area (Å²) in [5.41, 5.74) is 16.4. The number of thiophene rings is 1. The monoisotopic (exact) mass is 820 g/mol. The molecule has 12 aromatic rings. The average Bonchev–Trinajstić information content (AvgIpc) is 3.91. The van der Waals surface area contributed by atoms with Crippen LogP contribution in [0.3, 0.4) is 0 Å². The highest BCUT2D eigenvalue weighted by Gasteiger charge is 2.25. The van der Waals surface area contributed by atoms with Crippen LogP contribution < -0.4 is 4.90 Å². The highest BCUT2D eigenvalue weighted by atomic mass is 32.1. The van der Waals surface area contributed by atoms with Crippen molar-refractivity contribution < 1.29 is 0 Å². The standard InChI is InChI=1S/C60H40N2S/c1-3-18-42(19-4-1)47-24-7-8-28-52(47)59-48(43-20-5-2-6-21-43)29-16-33-56(59)61(57-34-17-30-53-51-27-11-14-35-58(51)63-60(53)57)45-38-36-41(37-39-45)44-22-15-23-46(40-44)62-54-31-12-9-25-49(54)50-26-10-13-32-55(50)62/h1-40H. The molecule has 0 atom stereocenters. The van der Waals surface area contributed by atoms with E-state index in [1.807, 2.05) is 11.3 Å². The fourth-order valence-electron chi connectivity index (χ4n) is 9.58. The number of hydrogen-bond acceptors (Lipinski definition) is 2. The summed E-state index contributed by atoms with van der Waals surface area (Å²) < 4.78 is 4.94. The van der Waals surface area contributed by atoms with Gasteiger partial charge in [-0.1, -0.05) is 188 Å². The van der Waals surface area contributed by atoms with Crippen LogP contribution in [0.4, 0.5) is 17.1 Å². The van der Waals surface area contributed by atoms with Gasteiger partial charge in [0.25, 0.3) is 0 Å². The van der Waals surface area contributed by atoms with Gasteiger partial charge in [0, 0.05) is 43.2 Å². The molecule has 2 heterocycles. The molecule has 0 aliphatic carbocycles. The normalized spacial score (nSPS) is 11.5. The van der Waals surface area contributed by atoms with Crippen molar-refractivity contribution in [1.29, 1.82) is 0 Å². The van der Waals surface area contributed by atoms with Gasteiger partial charge in [-0.3, -0.25) is 0 Å². The quantitative estimate of drug-likeness (QED) is 0.148. The van der Waals surface area contributed by atoms with Crippen LogP contribution in [0.2, 0.25) is 0 Å². The molecule has 3 heteroatoms. The van der Waals surface area contributed by atoms with Crippen molar-refractivity contribution in [3.8, 4) is 50.2 Å². The molecule has 63 heavy (non-hydrogen) atoms. The molecular formula is C60H40N2S. The van der Waals surface area contributed by atoms with Gasteiger partial charge >= 0.3 is 0 Å². The lowest BCUT2D eigenvalue weighted by atomic mass is 9.87. The Labute approximate surface area is 370 Å². The molecule has 10 aromatic carbocycles. The van der Waals surface area contributed by atoms with Crippen LogP contribution in [-0.2, 0) is 0 Å². The molecule has 0 fully saturated rings. The smallest absolute Gasteiger partial charge is 0.0640 e. The van der Waals surface area contributed by atoms with Gasteiger partial charge < -0.3 is 9.47 Å². The predicted molar refractivity (Wildman–Crippen MR) is 270 cm³/mol. The van der Waals surface area contributed by atoms with E-state index in [-0.39, 0.29) is 0 Å². The minimum absolute atomic E-state index is 1.09. The summed E-state index contributed by atoms with van der Waals surface area (Å²) in [5, 5.41) is 5.07. The third kappa shape index (κ3) is 6.33. The van der Waals surface area contributed by atoms with Gasteiger partial charge in [-0.15, -0.1) is 11.3 Å². The van der Waals surface area contributed by atoms with Crippen molar-refractivity contribution in [3.05, 3.63) is 243 Å². The van der Waals surface area contributed by atoms with Gasteiger partial charge in [0.1, 0.15) is 0 Å². The molecule has 0 unspecified atom stereocenters. The third-order valence-electron chi connectivity index (χ3n) is 12.4. The lowest BCUT2D eigenvalue weighted by Crippen LogP contribution is -2.12. The zero-order valence-electron chi connectivity index (χ0n) is 34.4. The second-order valence-corrected chi connectivity index (χ2v) is 17.1. The second-order valence-electron chi connectivity index (χ2n) is 16.0. The Balaban J connectivity index is 1.07. The van der Waals surface area contributed by atoms with E-state index in [1.165, 1.54) is 80.9 Å². The lowest BCUT2D eigenvalue weighted by molar-refractivity contribution is 1.18. The molecule has 296 valence electrons. The number of fused-ring (bicyclic) bond motifs is 6. The maximum absolute atomic E-state index is 2.50. The molecule has 0 saturated carbocycles. The molecule has 0 saturated heterocycles. The molecule has 12 rings (SSSR count). The Morgan fingerprint density at radius 1 is 0.333 bits per heavy atom. The summed E-state index contributed by atoms with van der Waals surface area (Å²) in [4.78, 5) is 2.50. The predicted octanol–water partition coefficient (Wildman–Crippen LogP) is 17.3. The molecule has 0 aliphatic heterocycles. The number of benzene rings is 10. The molecule has 2 aromatic heterocycles. The molecule has 0 N–H and O–H groups in total. The Hall–Kier alpha value is -7.98. The van der Waals surface area contributed by atoms with Gasteiger partial charge in [0.2, 0.25) is 0 Å². The van der Waals surface area contributed by atoms with Gasteiger partial charge in [0.15, 0.2) is 0 Å². The first kappa shape index (κ1) is 36.8. The van der Waals surface area contributed by atoms with Crippen molar-refractivity contribution >= 4 is 70.4 Å². The maximum Gasteiger partial charge on any atom is 0.0640 e. The largest absolute Gasteiger partial charge is 0.309 e. The fraction of sp³-hybridized carbons (Fsp3) is 0. The van der Waals surface area contributed by atoms with Crippen molar-refractivity contribution in [1.82, 2.24) is 4.57 Å². The molecule has 0 bridgehead atoms. The van der Waals surface area contributed by atoms with E-state index >= 15 is 0 Å². The third-order valence-corrected chi connectivity index (χ3v) is 13.6. The molecule has 2 nitrogen and oxygen atoms in total.